The summed E-state index contributed by atoms with van der Waals surface area (Å²) in [7, 11) is 0. The topological polar surface area (TPSA) is 76.7 Å². The van der Waals surface area contributed by atoms with Gasteiger partial charge in [0.05, 0.1) is 11.2 Å². The standard InChI is InChI=1S/C19H14ClN5/c20-14-2-1-3-16(8-14)25-19-17-7-12(4-5-18(17)23-11-24-19)13-6-15(21)10-22-9-13/h1-11H,21H2,(H,23,24,25). The highest BCUT2D eigenvalue weighted by atomic mass is 35.5. The zero-order chi connectivity index (χ0) is 17.2. The molecule has 0 aliphatic carbocycles. The molecule has 5 nitrogen and oxygen atoms in total. The number of nitrogens with two attached hydrogens (primary N) is 1. The van der Waals surface area contributed by atoms with Gasteiger partial charge >= 0.3 is 0 Å². The van der Waals surface area contributed by atoms with Crippen molar-refractivity contribution in [1.29, 1.82) is 0 Å². The zero-order valence-electron chi connectivity index (χ0n) is 13.1. The molecular weight excluding hydrogens is 334 g/mol. The molecule has 0 spiro atoms. The number of nitrogens with zero attached hydrogens (tertiary/aromatic N) is 3. The lowest BCUT2D eigenvalue weighted by molar-refractivity contribution is 1.22. The minimum atomic E-state index is 0.624. The fourth-order valence-corrected chi connectivity index (χ4v) is 2.84. The maximum Gasteiger partial charge on any atom is 0.141 e. The van der Waals surface area contributed by atoms with Crippen LogP contribution in [0.3, 0.4) is 0 Å². The quantitative estimate of drug-likeness (QED) is 0.563. The molecule has 2 heterocycles. The van der Waals surface area contributed by atoms with Gasteiger partial charge in [0, 0.05) is 34.1 Å². The number of nitrogens with one attached hydrogen (secondary N) is 1. The van der Waals surface area contributed by atoms with Crippen molar-refractivity contribution in [3.63, 3.8) is 0 Å². The van der Waals surface area contributed by atoms with E-state index >= 15 is 0 Å². The highest BCUT2D eigenvalue weighted by Crippen LogP contribution is 2.29. The van der Waals surface area contributed by atoms with Crippen LogP contribution in [0.4, 0.5) is 17.2 Å². The maximum absolute atomic E-state index is 6.06. The van der Waals surface area contributed by atoms with Gasteiger partial charge < -0.3 is 11.1 Å². The maximum atomic E-state index is 6.06. The van der Waals surface area contributed by atoms with Gasteiger partial charge in [0.1, 0.15) is 12.1 Å². The van der Waals surface area contributed by atoms with Crippen LogP contribution in [0.15, 0.2) is 67.3 Å². The van der Waals surface area contributed by atoms with Gasteiger partial charge in [0.25, 0.3) is 0 Å². The minimum absolute atomic E-state index is 0.624. The molecule has 2 aromatic carbocycles. The van der Waals surface area contributed by atoms with E-state index in [-0.39, 0.29) is 0 Å². The minimum Gasteiger partial charge on any atom is -0.397 e. The molecule has 25 heavy (non-hydrogen) atoms. The van der Waals surface area contributed by atoms with Crippen molar-refractivity contribution in [3.8, 4) is 11.1 Å². The van der Waals surface area contributed by atoms with Crippen LogP contribution in [0, 0.1) is 0 Å². The van der Waals surface area contributed by atoms with E-state index in [1.165, 1.54) is 6.33 Å². The number of rotatable bonds is 3. The van der Waals surface area contributed by atoms with Gasteiger partial charge in [-0.05, 0) is 42.0 Å². The Labute approximate surface area is 149 Å². The molecule has 0 aliphatic heterocycles. The van der Waals surface area contributed by atoms with Gasteiger partial charge in [-0.25, -0.2) is 9.97 Å². The van der Waals surface area contributed by atoms with Crippen LogP contribution in [-0.2, 0) is 0 Å². The van der Waals surface area contributed by atoms with Gasteiger partial charge in [0.15, 0.2) is 0 Å². The van der Waals surface area contributed by atoms with Crippen LogP contribution >= 0.6 is 11.6 Å². The molecule has 3 N–H and O–H groups in total. The predicted molar refractivity (Wildman–Crippen MR) is 102 cm³/mol. The first-order chi connectivity index (χ1) is 12.2. The van der Waals surface area contributed by atoms with Gasteiger partial charge in [-0.15, -0.1) is 0 Å². The Kier molecular flexibility index (Phi) is 3.91. The third-order valence-electron chi connectivity index (χ3n) is 3.82. The summed E-state index contributed by atoms with van der Waals surface area (Å²) in [5.41, 5.74) is 10.1. The fourth-order valence-electron chi connectivity index (χ4n) is 2.65. The van der Waals surface area contributed by atoms with Crippen LogP contribution in [0.5, 0.6) is 0 Å². The van der Waals surface area contributed by atoms with Crippen molar-refractivity contribution >= 4 is 39.7 Å². The molecule has 6 heteroatoms. The smallest absolute Gasteiger partial charge is 0.141 e. The molecule has 0 aliphatic rings. The number of hydrogen-bond donors (Lipinski definition) is 2. The van der Waals surface area contributed by atoms with Gasteiger partial charge in [-0.2, -0.15) is 0 Å². The normalized spacial score (nSPS) is 10.8. The molecule has 4 rings (SSSR count). The first-order valence-corrected chi connectivity index (χ1v) is 8.05. The second kappa shape index (κ2) is 6.37. The summed E-state index contributed by atoms with van der Waals surface area (Å²) in [5, 5.41) is 4.87. The SMILES string of the molecule is Nc1cncc(-c2ccc3ncnc(Nc4cccc(Cl)c4)c3c2)c1. The van der Waals surface area contributed by atoms with E-state index in [1.807, 2.05) is 48.5 Å². The van der Waals surface area contributed by atoms with E-state index in [0.29, 0.717) is 16.5 Å². The lowest BCUT2D eigenvalue weighted by Crippen LogP contribution is -1.96. The summed E-state index contributed by atoms with van der Waals surface area (Å²) in [4.78, 5) is 12.9. The molecule has 0 amide bonds. The molecule has 0 fully saturated rings. The van der Waals surface area contributed by atoms with Gasteiger partial charge in [-0.3, -0.25) is 4.98 Å². The fraction of sp³-hybridized carbons (Fsp3) is 0. The molecule has 2 aromatic heterocycles. The second-order valence-corrected chi connectivity index (χ2v) is 6.03. The first-order valence-electron chi connectivity index (χ1n) is 7.67. The summed E-state index contributed by atoms with van der Waals surface area (Å²) >= 11 is 6.06. The Hall–Kier alpha value is -3.18. The van der Waals surface area contributed by atoms with Gasteiger partial charge in [-0.1, -0.05) is 23.7 Å². The number of benzene rings is 2. The molecule has 0 atom stereocenters. The number of pyridine rings is 1. The zero-order valence-corrected chi connectivity index (χ0v) is 13.9. The van der Waals surface area contributed by atoms with Crippen molar-refractivity contribution in [2.24, 2.45) is 0 Å². The lowest BCUT2D eigenvalue weighted by atomic mass is 10.0. The first kappa shape index (κ1) is 15.4. The largest absolute Gasteiger partial charge is 0.397 e. The number of nitrogen functional groups attached to an aromatic ring is 1. The number of fused-ring (bicyclic) bond motifs is 1. The molecule has 0 saturated heterocycles. The monoisotopic (exact) mass is 347 g/mol. The Bertz CT molecular complexity index is 1060. The molecule has 122 valence electrons. The van der Waals surface area contributed by atoms with E-state index in [4.69, 9.17) is 17.3 Å². The average molecular weight is 348 g/mol. The van der Waals surface area contributed by atoms with Crippen LogP contribution in [0.2, 0.25) is 5.02 Å². The highest BCUT2D eigenvalue weighted by molar-refractivity contribution is 6.30. The molecular formula is C19H14ClN5. The molecule has 0 radical (unpaired) electrons. The summed E-state index contributed by atoms with van der Waals surface area (Å²) in [6.45, 7) is 0. The summed E-state index contributed by atoms with van der Waals surface area (Å²) in [6, 6.07) is 15.4. The lowest BCUT2D eigenvalue weighted by Gasteiger charge is -2.10. The van der Waals surface area contributed by atoms with Crippen molar-refractivity contribution < 1.29 is 0 Å². The van der Waals surface area contributed by atoms with Crippen LogP contribution in [0.1, 0.15) is 0 Å². The Balaban J connectivity index is 1.81. The van der Waals surface area contributed by atoms with Crippen molar-refractivity contribution in [1.82, 2.24) is 15.0 Å². The van der Waals surface area contributed by atoms with Crippen LogP contribution < -0.4 is 11.1 Å². The van der Waals surface area contributed by atoms with Crippen molar-refractivity contribution in [3.05, 3.63) is 72.3 Å². The summed E-state index contributed by atoms with van der Waals surface area (Å²) in [5.74, 6) is 0.714. The molecule has 0 unspecified atom stereocenters. The van der Waals surface area contributed by atoms with E-state index in [1.54, 1.807) is 12.4 Å². The Morgan fingerprint density at radius 2 is 1.84 bits per heavy atom. The van der Waals surface area contributed by atoms with E-state index in [9.17, 15) is 0 Å². The van der Waals surface area contributed by atoms with Crippen molar-refractivity contribution in [2.45, 2.75) is 0 Å². The Morgan fingerprint density at radius 3 is 2.68 bits per heavy atom. The van der Waals surface area contributed by atoms with E-state index < -0.39 is 0 Å². The highest BCUT2D eigenvalue weighted by Gasteiger charge is 2.07. The third kappa shape index (κ3) is 3.22. The molecule has 4 aromatic rings. The number of halogens is 1. The van der Waals surface area contributed by atoms with E-state index in [2.05, 4.69) is 20.3 Å². The predicted octanol–water partition coefficient (Wildman–Crippen LogP) is 4.67. The second-order valence-electron chi connectivity index (χ2n) is 5.60. The van der Waals surface area contributed by atoms with Crippen LogP contribution in [0.25, 0.3) is 22.0 Å². The number of hydrogen-bond acceptors (Lipinski definition) is 5. The average Bonchev–Trinajstić information content (AvgIpc) is 2.62. The number of aromatic nitrogens is 3. The van der Waals surface area contributed by atoms with E-state index in [0.717, 1.165) is 27.7 Å². The van der Waals surface area contributed by atoms with Gasteiger partial charge in [0.2, 0.25) is 0 Å². The van der Waals surface area contributed by atoms with Crippen LogP contribution in [-0.4, -0.2) is 15.0 Å². The Morgan fingerprint density at radius 1 is 0.920 bits per heavy atom. The number of anilines is 3. The summed E-state index contributed by atoms with van der Waals surface area (Å²) < 4.78 is 0. The third-order valence-corrected chi connectivity index (χ3v) is 4.05. The summed E-state index contributed by atoms with van der Waals surface area (Å²) in [6.07, 6.45) is 4.95. The molecule has 0 saturated carbocycles. The molecule has 0 bridgehead atoms. The van der Waals surface area contributed by atoms with Crippen molar-refractivity contribution in [2.75, 3.05) is 11.1 Å².